The molecular formula is C24H18ClNO5S. The van der Waals surface area contributed by atoms with Crippen molar-refractivity contribution in [2.75, 3.05) is 18.1 Å². The number of halogens is 1. The zero-order valence-corrected chi connectivity index (χ0v) is 18.6. The number of carbonyl (C=O) groups is 2. The topological polar surface area (TPSA) is 76.1 Å². The van der Waals surface area contributed by atoms with Gasteiger partial charge in [0.2, 0.25) is 0 Å². The van der Waals surface area contributed by atoms with E-state index in [9.17, 15) is 14.7 Å². The Labute approximate surface area is 193 Å². The van der Waals surface area contributed by atoms with E-state index in [1.165, 1.54) is 16.2 Å². The van der Waals surface area contributed by atoms with E-state index in [-0.39, 0.29) is 11.3 Å². The number of Topliss-reactive ketones (excluding diaryl/α,β-unsaturated/α-hetero) is 1. The number of amides is 1. The fourth-order valence-electron chi connectivity index (χ4n) is 3.99. The van der Waals surface area contributed by atoms with Gasteiger partial charge in [0.05, 0.1) is 5.57 Å². The van der Waals surface area contributed by atoms with Crippen LogP contribution in [-0.4, -0.2) is 30.0 Å². The van der Waals surface area contributed by atoms with Crippen LogP contribution in [-0.2, 0) is 9.59 Å². The number of ketones is 1. The first kappa shape index (κ1) is 20.6. The van der Waals surface area contributed by atoms with Gasteiger partial charge in [0, 0.05) is 21.2 Å². The van der Waals surface area contributed by atoms with Crippen LogP contribution in [0, 0.1) is 6.92 Å². The molecule has 8 heteroatoms. The third kappa shape index (κ3) is 3.34. The maximum atomic E-state index is 13.2. The van der Waals surface area contributed by atoms with Crippen LogP contribution < -0.4 is 14.4 Å². The summed E-state index contributed by atoms with van der Waals surface area (Å²) >= 11 is 7.61. The molecule has 1 aromatic heterocycles. The lowest BCUT2D eigenvalue weighted by atomic mass is 9.99. The van der Waals surface area contributed by atoms with Crippen LogP contribution in [0.1, 0.15) is 22.0 Å². The molecule has 5 rings (SSSR count). The van der Waals surface area contributed by atoms with Crippen molar-refractivity contribution >= 4 is 46.1 Å². The number of anilines is 1. The van der Waals surface area contributed by atoms with Gasteiger partial charge >= 0.3 is 0 Å². The predicted octanol–water partition coefficient (Wildman–Crippen LogP) is 5.11. The SMILES string of the molecule is Cc1ccc(Cl)cc1N1C(=O)C(=O)/C(=C(\O)c2ccc3c(c2)OCCO3)C1c1cccs1. The molecule has 1 saturated heterocycles. The first-order chi connectivity index (χ1) is 15.5. The fourth-order valence-corrected chi connectivity index (χ4v) is 4.98. The number of fused-ring (bicyclic) bond motifs is 1. The number of aliphatic hydroxyl groups excluding tert-OH is 1. The molecule has 3 heterocycles. The molecule has 0 radical (unpaired) electrons. The van der Waals surface area contributed by atoms with E-state index in [0.717, 1.165) is 10.4 Å². The van der Waals surface area contributed by atoms with Crippen LogP contribution in [0.15, 0.2) is 59.5 Å². The summed E-state index contributed by atoms with van der Waals surface area (Å²) in [6, 6.07) is 13.0. The third-order valence-electron chi connectivity index (χ3n) is 5.50. The van der Waals surface area contributed by atoms with Crippen LogP contribution in [0.5, 0.6) is 11.5 Å². The number of thiophene rings is 1. The molecule has 0 bridgehead atoms. The van der Waals surface area contributed by atoms with Gasteiger partial charge < -0.3 is 14.6 Å². The minimum atomic E-state index is -0.777. The summed E-state index contributed by atoms with van der Waals surface area (Å²) in [4.78, 5) is 28.6. The first-order valence-electron chi connectivity index (χ1n) is 9.96. The van der Waals surface area contributed by atoms with E-state index in [1.807, 2.05) is 24.4 Å². The zero-order valence-electron chi connectivity index (χ0n) is 17.0. The quantitative estimate of drug-likeness (QED) is 0.329. The molecule has 0 spiro atoms. The highest BCUT2D eigenvalue weighted by molar-refractivity contribution is 7.10. The van der Waals surface area contributed by atoms with Gasteiger partial charge in [-0.1, -0.05) is 23.7 Å². The van der Waals surface area contributed by atoms with E-state index in [4.69, 9.17) is 21.1 Å². The van der Waals surface area contributed by atoms with Gasteiger partial charge in [0.25, 0.3) is 11.7 Å². The van der Waals surface area contributed by atoms with Crippen LogP contribution in [0.25, 0.3) is 5.76 Å². The molecule has 6 nitrogen and oxygen atoms in total. The van der Waals surface area contributed by atoms with E-state index in [2.05, 4.69) is 0 Å². The van der Waals surface area contributed by atoms with E-state index in [0.29, 0.717) is 41.0 Å². The number of benzene rings is 2. The summed E-state index contributed by atoms with van der Waals surface area (Å²) in [6.07, 6.45) is 0. The Morgan fingerprint density at radius 2 is 1.88 bits per heavy atom. The molecule has 2 aliphatic heterocycles. The van der Waals surface area contributed by atoms with Crippen molar-refractivity contribution in [1.82, 2.24) is 0 Å². The smallest absolute Gasteiger partial charge is 0.300 e. The van der Waals surface area contributed by atoms with Crippen molar-refractivity contribution in [3.63, 3.8) is 0 Å². The Morgan fingerprint density at radius 1 is 1.09 bits per heavy atom. The standard InChI is InChI=1S/C24H18ClNO5S/c1-13-4-6-15(25)12-16(13)26-21(19-3-2-10-32-19)20(23(28)24(26)29)22(27)14-5-7-17-18(11-14)31-9-8-30-17/h2-7,10-12,21,27H,8-9H2,1H3/b22-20-. The molecule has 1 atom stereocenters. The molecule has 0 saturated carbocycles. The molecule has 1 unspecified atom stereocenters. The van der Waals surface area contributed by atoms with Crippen molar-refractivity contribution in [2.45, 2.75) is 13.0 Å². The van der Waals surface area contributed by atoms with Gasteiger partial charge in [0.1, 0.15) is 25.0 Å². The van der Waals surface area contributed by atoms with Crippen molar-refractivity contribution in [2.24, 2.45) is 0 Å². The first-order valence-corrected chi connectivity index (χ1v) is 11.2. The van der Waals surface area contributed by atoms with Gasteiger partial charge in [-0.25, -0.2) is 0 Å². The lowest BCUT2D eigenvalue weighted by Gasteiger charge is -2.26. The van der Waals surface area contributed by atoms with Gasteiger partial charge in [-0.05, 0) is 54.3 Å². The molecule has 32 heavy (non-hydrogen) atoms. The number of hydrogen-bond donors (Lipinski definition) is 1. The van der Waals surface area contributed by atoms with Gasteiger partial charge in [-0.3, -0.25) is 14.5 Å². The van der Waals surface area contributed by atoms with Gasteiger partial charge in [-0.15, -0.1) is 11.3 Å². The third-order valence-corrected chi connectivity index (χ3v) is 6.66. The summed E-state index contributed by atoms with van der Waals surface area (Å²) in [6.45, 7) is 2.68. The van der Waals surface area contributed by atoms with E-state index in [1.54, 1.807) is 36.4 Å². The van der Waals surface area contributed by atoms with Gasteiger partial charge in [0.15, 0.2) is 11.5 Å². The predicted molar refractivity (Wildman–Crippen MR) is 123 cm³/mol. The van der Waals surface area contributed by atoms with Crippen LogP contribution in [0.2, 0.25) is 5.02 Å². The zero-order chi connectivity index (χ0) is 22.4. The largest absolute Gasteiger partial charge is 0.507 e. The van der Waals surface area contributed by atoms with E-state index < -0.39 is 17.7 Å². The van der Waals surface area contributed by atoms with Crippen molar-refractivity contribution < 1.29 is 24.2 Å². The van der Waals surface area contributed by atoms with Crippen LogP contribution in [0.3, 0.4) is 0 Å². The number of aryl methyl sites for hydroxylation is 1. The molecule has 2 aromatic carbocycles. The minimum absolute atomic E-state index is 0.0218. The summed E-state index contributed by atoms with van der Waals surface area (Å²) in [7, 11) is 0. The number of aliphatic hydroxyl groups is 1. The van der Waals surface area contributed by atoms with Crippen molar-refractivity contribution in [3.05, 3.63) is 80.5 Å². The molecular weight excluding hydrogens is 450 g/mol. The number of hydrogen-bond acceptors (Lipinski definition) is 6. The lowest BCUT2D eigenvalue weighted by molar-refractivity contribution is -0.132. The summed E-state index contributed by atoms with van der Waals surface area (Å²) in [5, 5.41) is 13.5. The lowest BCUT2D eigenvalue weighted by Crippen LogP contribution is -2.29. The van der Waals surface area contributed by atoms with Crippen molar-refractivity contribution in [1.29, 1.82) is 0 Å². The van der Waals surface area contributed by atoms with Crippen molar-refractivity contribution in [3.8, 4) is 11.5 Å². The second-order valence-corrected chi connectivity index (χ2v) is 8.89. The number of carbonyl (C=O) groups excluding carboxylic acids is 2. The van der Waals surface area contributed by atoms with Crippen LogP contribution >= 0.6 is 22.9 Å². The second-order valence-electron chi connectivity index (χ2n) is 7.47. The van der Waals surface area contributed by atoms with Gasteiger partial charge in [-0.2, -0.15) is 0 Å². The summed E-state index contributed by atoms with van der Waals surface area (Å²) < 4.78 is 11.1. The highest BCUT2D eigenvalue weighted by Crippen LogP contribution is 2.45. The Hall–Kier alpha value is -3.29. The highest BCUT2D eigenvalue weighted by Gasteiger charge is 2.47. The highest BCUT2D eigenvalue weighted by atomic mass is 35.5. The number of nitrogens with zero attached hydrogens (tertiary/aromatic N) is 1. The normalized spacial score (nSPS) is 19.4. The molecule has 0 aliphatic carbocycles. The summed E-state index contributed by atoms with van der Waals surface area (Å²) in [5.41, 5.74) is 1.71. The fraction of sp³-hybridized carbons (Fsp3) is 0.167. The van der Waals surface area contributed by atoms with E-state index >= 15 is 0 Å². The monoisotopic (exact) mass is 467 g/mol. The molecule has 1 fully saturated rings. The molecule has 3 aromatic rings. The Kier molecular flexibility index (Phi) is 5.15. The molecule has 1 amide bonds. The maximum Gasteiger partial charge on any atom is 0.300 e. The molecule has 2 aliphatic rings. The molecule has 162 valence electrons. The second kappa shape index (κ2) is 8.00. The van der Waals surface area contributed by atoms with Crippen LogP contribution in [0.4, 0.5) is 5.69 Å². The number of rotatable bonds is 3. The molecule has 1 N–H and O–H groups in total. The Morgan fingerprint density at radius 3 is 2.62 bits per heavy atom. The Balaban J connectivity index is 1.70. The number of ether oxygens (including phenoxy) is 2. The minimum Gasteiger partial charge on any atom is -0.507 e. The summed E-state index contributed by atoms with van der Waals surface area (Å²) in [5.74, 6) is -0.686. The average molecular weight is 468 g/mol. The maximum absolute atomic E-state index is 13.2. The average Bonchev–Trinajstić information content (AvgIpc) is 3.42. The Bertz CT molecular complexity index is 1270.